The van der Waals surface area contributed by atoms with Crippen LogP contribution in [0.4, 0.5) is 15.8 Å². The number of nitrogens with zero attached hydrogens (tertiary/aromatic N) is 1. The summed E-state index contributed by atoms with van der Waals surface area (Å²) in [5, 5.41) is 2.69. The summed E-state index contributed by atoms with van der Waals surface area (Å²) in [6.45, 7) is 3.56. The molecule has 1 fully saturated rings. The van der Waals surface area contributed by atoms with E-state index < -0.39 is 30.2 Å². The molecule has 3 rings (SSSR count). The fraction of sp³-hybridized carbons (Fsp3) is 0.286. The number of benzene rings is 2. The summed E-state index contributed by atoms with van der Waals surface area (Å²) >= 11 is 0. The van der Waals surface area contributed by atoms with Gasteiger partial charge >= 0.3 is 5.97 Å². The molecule has 1 N–H and O–H groups in total. The molecule has 0 aromatic heterocycles. The van der Waals surface area contributed by atoms with E-state index in [1.54, 1.807) is 0 Å². The number of anilines is 2. The second-order valence-electron chi connectivity index (χ2n) is 6.91. The van der Waals surface area contributed by atoms with Crippen molar-refractivity contribution in [3.63, 3.8) is 0 Å². The predicted molar refractivity (Wildman–Crippen MR) is 102 cm³/mol. The van der Waals surface area contributed by atoms with Crippen LogP contribution in [-0.2, 0) is 19.1 Å². The maximum atomic E-state index is 13.0. The molecule has 1 saturated heterocycles. The summed E-state index contributed by atoms with van der Waals surface area (Å²) in [5.41, 5.74) is 3.18. The van der Waals surface area contributed by atoms with Crippen LogP contribution in [0.2, 0.25) is 0 Å². The number of amides is 2. The van der Waals surface area contributed by atoms with E-state index in [1.165, 1.54) is 29.2 Å². The van der Waals surface area contributed by atoms with E-state index in [1.807, 2.05) is 32.0 Å². The number of carbonyl (C=O) groups excluding carboxylic acids is 3. The lowest BCUT2D eigenvalue weighted by molar-refractivity contribution is -0.151. The minimum Gasteiger partial charge on any atom is -0.455 e. The summed E-state index contributed by atoms with van der Waals surface area (Å²) in [6.07, 6.45) is -0.00506. The van der Waals surface area contributed by atoms with Gasteiger partial charge in [0.15, 0.2) is 6.61 Å². The highest BCUT2D eigenvalue weighted by Crippen LogP contribution is 2.26. The fourth-order valence-corrected chi connectivity index (χ4v) is 3.23. The van der Waals surface area contributed by atoms with Crippen molar-refractivity contribution in [2.24, 2.45) is 5.92 Å². The van der Waals surface area contributed by atoms with Crippen LogP contribution >= 0.6 is 0 Å². The van der Waals surface area contributed by atoms with E-state index in [4.69, 9.17) is 4.74 Å². The topological polar surface area (TPSA) is 75.7 Å². The Bertz CT molecular complexity index is 891. The Morgan fingerprint density at radius 3 is 2.43 bits per heavy atom. The van der Waals surface area contributed by atoms with Gasteiger partial charge in [-0.25, -0.2) is 4.39 Å². The van der Waals surface area contributed by atoms with Gasteiger partial charge in [-0.2, -0.15) is 0 Å². The maximum absolute atomic E-state index is 13.0. The average Bonchev–Trinajstić information content (AvgIpc) is 3.01. The summed E-state index contributed by atoms with van der Waals surface area (Å²) in [6, 6.07) is 11.1. The molecule has 0 bridgehead atoms. The average molecular weight is 384 g/mol. The lowest BCUT2D eigenvalue weighted by atomic mass is 10.1. The van der Waals surface area contributed by atoms with Crippen LogP contribution in [-0.4, -0.2) is 30.9 Å². The molecule has 0 radical (unpaired) electrons. The molecule has 2 amide bonds. The van der Waals surface area contributed by atoms with Crippen LogP contribution in [0.3, 0.4) is 0 Å². The minimum absolute atomic E-state index is 0.00506. The SMILES string of the molecule is Cc1cc(C)cc(NC(=O)COC(=O)[C@@H]2CC(=O)N(c3ccc(F)cc3)C2)c1. The third-order valence-corrected chi connectivity index (χ3v) is 4.45. The molecule has 1 aliphatic rings. The Morgan fingerprint density at radius 2 is 1.79 bits per heavy atom. The molecule has 6 nitrogen and oxygen atoms in total. The van der Waals surface area contributed by atoms with Crippen LogP contribution in [0.5, 0.6) is 0 Å². The number of aryl methyl sites for hydroxylation is 2. The summed E-state index contributed by atoms with van der Waals surface area (Å²) in [5.74, 6) is -2.35. The van der Waals surface area contributed by atoms with Crippen molar-refractivity contribution in [1.29, 1.82) is 0 Å². The van der Waals surface area contributed by atoms with Gasteiger partial charge in [0.05, 0.1) is 5.92 Å². The second-order valence-corrected chi connectivity index (χ2v) is 6.91. The Hall–Kier alpha value is -3.22. The minimum atomic E-state index is -0.661. The Labute approximate surface area is 162 Å². The highest BCUT2D eigenvalue weighted by Gasteiger charge is 2.36. The number of rotatable bonds is 5. The van der Waals surface area contributed by atoms with Crippen LogP contribution in [0.1, 0.15) is 17.5 Å². The number of hydrogen-bond acceptors (Lipinski definition) is 4. The quantitative estimate of drug-likeness (QED) is 0.804. The number of halogens is 1. The van der Waals surface area contributed by atoms with Gasteiger partial charge in [-0.1, -0.05) is 6.07 Å². The molecule has 0 spiro atoms. The van der Waals surface area contributed by atoms with Crippen molar-refractivity contribution in [2.75, 3.05) is 23.4 Å². The van der Waals surface area contributed by atoms with Gasteiger partial charge in [0.1, 0.15) is 5.82 Å². The molecular formula is C21H21FN2O4. The predicted octanol–water partition coefficient (Wildman–Crippen LogP) is 2.98. The van der Waals surface area contributed by atoms with Gasteiger partial charge in [-0.15, -0.1) is 0 Å². The first-order chi connectivity index (χ1) is 13.3. The molecule has 0 aliphatic carbocycles. The zero-order chi connectivity index (χ0) is 20.3. The van der Waals surface area contributed by atoms with Gasteiger partial charge < -0.3 is 15.0 Å². The smallest absolute Gasteiger partial charge is 0.311 e. The molecule has 2 aromatic rings. The largest absolute Gasteiger partial charge is 0.455 e. The highest BCUT2D eigenvalue weighted by molar-refractivity contribution is 6.00. The van der Waals surface area contributed by atoms with Crippen molar-refractivity contribution >= 4 is 29.2 Å². The third-order valence-electron chi connectivity index (χ3n) is 4.45. The zero-order valence-electron chi connectivity index (χ0n) is 15.7. The summed E-state index contributed by atoms with van der Waals surface area (Å²) in [7, 11) is 0. The molecule has 1 heterocycles. The van der Waals surface area contributed by atoms with Crippen LogP contribution < -0.4 is 10.2 Å². The molecule has 2 aromatic carbocycles. The molecule has 28 heavy (non-hydrogen) atoms. The summed E-state index contributed by atoms with van der Waals surface area (Å²) in [4.78, 5) is 37.9. The normalized spacial score (nSPS) is 16.2. The van der Waals surface area contributed by atoms with Crippen molar-refractivity contribution in [3.8, 4) is 0 Å². The molecular weight excluding hydrogens is 363 g/mol. The fourth-order valence-electron chi connectivity index (χ4n) is 3.23. The van der Waals surface area contributed by atoms with E-state index in [9.17, 15) is 18.8 Å². The van der Waals surface area contributed by atoms with Crippen LogP contribution in [0, 0.1) is 25.6 Å². The molecule has 0 unspecified atom stereocenters. The number of hydrogen-bond donors (Lipinski definition) is 1. The number of nitrogens with one attached hydrogen (secondary N) is 1. The summed E-state index contributed by atoms with van der Waals surface area (Å²) < 4.78 is 18.1. The van der Waals surface area contributed by atoms with Gasteiger partial charge in [0, 0.05) is 24.3 Å². The van der Waals surface area contributed by atoms with Crippen molar-refractivity contribution in [1.82, 2.24) is 0 Å². The van der Waals surface area contributed by atoms with E-state index in [-0.39, 0.29) is 18.9 Å². The van der Waals surface area contributed by atoms with Gasteiger partial charge in [-0.05, 0) is 61.4 Å². The Morgan fingerprint density at radius 1 is 1.14 bits per heavy atom. The molecule has 7 heteroatoms. The number of esters is 1. The Balaban J connectivity index is 1.53. The first-order valence-electron chi connectivity index (χ1n) is 8.92. The Kier molecular flexibility index (Phi) is 5.73. The molecule has 146 valence electrons. The van der Waals surface area contributed by atoms with E-state index >= 15 is 0 Å². The van der Waals surface area contributed by atoms with Crippen molar-refractivity contribution < 1.29 is 23.5 Å². The molecule has 1 atom stereocenters. The van der Waals surface area contributed by atoms with Crippen molar-refractivity contribution in [3.05, 3.63) is 59.4 Å². The lowest BCUT2D eigenvalue weighted by Crippen LogP contribution is -2.28. The van der Waals surface area contributed by atoms with E-state index in [2.05, 4.69) is 5.32 Å². The highest BCUT2D eigenvalue weighted by atomic mass is 19.1. The number of carbonyl (C=O) groups is 3. The third kappa shape index (κ3) is 4.73. The van der Waals surface area contributed by atoms with Gasteiger partial charge in [-0.3, -0.25) is 14.4 Å². The monoisotopic (exact) mass is 384 g/mol. The zero-order valence-corrected chi connectivity index (χ0v) is 15.7. The first-order valence-corrected chi connectivity index (χ1v) is 8.92. The van der Waals surface area contributed by atoms with E-state index in [0.29, 0.717) is 11.4 Å². The standard InChI is InChI=1S/C21H21FN2O4/c1-13-7-14(2)9-17(8-13)23-19(25)12-28-21(27)15-10-20(26)24(11-15)18-5-3-16(22)4-6-18/h3-9,15H,10-12H2,1-2H3,(H,23,25)/t15-/m1/s1. The van der Waals surface area contributed by atoms with E-state index in [0.717, 1.165) is 11.1 Å². The van der Waals surface area contributed by atoms with Gasteiger partial charge in [0.25, 0.3) is 5.91 Å². The van der Waals surface area contributed by atoms with Crippen molar-refractivity contribution in [2.45, 2.75) is 20.3 Å². The lowest BCUT2D eigenvalue weighted by Gasteiger charge is -2.16. The first kappa shape index (κ1) is 19.5. The molecule has 1 aliphatic heterocycles. The van der Waals surface area contributed by atoms with Crippen LogP contribution in [0.25, 0.3) is 0 Å². The second kappa shape index (κ2) is 8.21. The maximum Gasteiger partial charge on any atom is 0.311 e. The van der Waals surface area contributed by atoms with Crippen LogP contribution in [0.15, 0.2) is 42.5 Å². The molecule has 0 saturated carbocycles. The van der Waals surface area contributed by atoms with Gasteiger partial charge in [0.2, 0.25) is 5.91 Å². The number of ether oxygens (including phenoxy) is 1.